The van der Waals surface area contributed by atoms with Crippen molar-refractivity contribution in [2.24, 2.45) is 0 Å². The van der Waals surface area contributed by atoms with Gasteiger partial charge in [-0.3, -0.25) is 0 Å². The summed E-state index contributed by atoms with van der Waals surface area (Å²) in [5.74, 6) is 0.562. The van der Waals surface area contributed by atoms with Crippen LogP contribution in [0.3, 0.4) is 0 Å². The molecule has 0 atom stereocenters. The molecule has 3 rings (SSSR count). The molecule has 0 spiro atoms. The number of pyridine rings is 1. The summed E-state index contributed by atoms with van der Waals surface area (Å²) in [6.07, 6.45) is 3.97. The van der Waals surface area contributed by atoms with Crippen molar-refractivity contribution in [1.82, 2.24) is 9.38 Å². The Morgan fingerprint density at radius 2 is 2.00 bits per heavy atom. The topological polar surface area (TPSA) is 26.5 Å². The van der Waals surface area contributed by atoms with Crippen LogP contribution in [-0.4, -0.2) is 9.38 Å². The van der Waals surface area contributed by atoms with E-state index in [1.54, 1.807) is 18.2 Å². The van der Waals surface area contributed by atoms with Crippen LogP contribution in [0.5, 0.6) is 5.75 Å². The SMILES string of the molecule is Cc1ccc2nc(COc3cccc(Cl)c3Cl)cn2c1. The molecule has 0 saturated carbocycles. The maximum Gasteiger partial charge on any atom is 0.140 e. The summed E-state index contributed by atoms with van der Waals surface area (Å²) in [4.78, 5) is 4.48. The van der Waals surface area contributed by atoms with Crippen LogP contribution >= 0.6 is 23.2 Å². The smallest absolute Gasteiger partial charge is 0.140 e. The van der Waals surface area contributed by atoms with Gasteiger partial charge in [-0.1, -0.05) is 35.3 Å². The Labute approximate surface area is 126 Å². The molecule has 0 amide bonds. The Morgan fingerprint density at radius 3 is 2.85 bits per heavy atom. The Kier molecular flexibility index (Phi) is 3.55. The number of nitrogens with zero attached hydrogens (tertiary/aromatic N) is 2. The monoisotopic (exact) mass is 306 g/mol. The van der Waals surface area contributed by atoms with Gasteiger partial charge in [0.15, 0.2) is 0 Å². The molecule has 0 N–H and O–H groups in total. The van der Waals surface area contributed by atoms with E-state index in [4.69, 9.17) is 27.9 Å². The number of hydrogen-bond acceptors (Lipinski definition) is 2. The third-order valence-corrected chi connectivity index (χ3v) is 3.74. The quantitative estimate of drug-likeness (QED) is 0.711. The molecule has 0 saturated heterocycles. The molecule has 0 fully saturated rings. The van der Waals surface area contributed by atoms with Crippen LogP contribution in [-0.2, 0) is 6.61 Å². The second-order valence-electron chi connectivity index (χ2n) is 4.54. The molecule has 2 aromatic heterocycles. The summed E-state index contributed by atoms with van der Waals surface area (Å²) in [7, 11) is 0. The molecule has 0 aliphatic heterocycles. The lowest BCUT2D eigenvalue weighted by molar-refractivity contribution is 0.302. The van der Waals surface area contributed by atoms with E-state index in [0.717, 1.165) is 11.3 Å². The van der Waals surface area contributed by atoms with Crippen LogP contribution in [0.15, 0.2) is 42.7 Å². The first kappa shape index (κ1) is 13.3. The Bertz CT molecular complexity index is 768. The highest BCUT2D eigenvalue weighted by Gasteiger charge is 2.07. The minimum Gasteiger partial charge on any atom is -0.486 e. The third kappa shape index (κ3) is 2.60. The van der Waals surface area contributed by atoms with Gasteiger partial charge in [0.2, 0.25) is 0 Å². The summed E-state index contributed by atoms with van der Waals surface area (Å²) in [6.45, 7) is 2.39. The van der Waals surface area contributed by atoms with Gasteiger partial charge < -0.3 is 9.14 Å². The number of ether oxygens (including phenoxy) is 1. The van der Waals surface area contributed by atoms with Gasteiger partial charge in [-0.25, -0.2) is 4.98 Å². The van der Waals surface area contributed by atoms with Gasteiger partial charge in [0.05, 0.1) is 10.7 Å². The Morgan fingerprint density at radius 1 is 1.15 bits per heavy atom. The molecule has 1 aromatic carbocycles. The predicted molar refractivity (Wildman–Crippen MR) is 80.7 cm³/mol. The highest BCUT2D eigenvalue weighted by atomic mass is 35.5. The summed E-state index contributed by atoms with van der Waals surface area (Å²) in [5, 5.41) is 0.906. The number of benzene rings is 1. The van der Waals surface area contributed by atoms with E-state index in [9.17, 15) is 0 Å². The zero-order valence-electron chi connectivity index (χ0n) is 10.8. The fourth-order valence-electron chi connectivity index (χ4n) is 1.97. The van der Waals surface area contributed by atoms with E-state index in [-0.39, 0.29) is 0 Å². The second kappa shape index (κ2) is 5.35. The molecular weight excluding hydrogens is 295 g/mol. The first-order valence-electron chi connectivity index (χ1n) is 6.14. The highest BCUT2D eigenvalue weighted by Crippen LogP contribution is 2.31. The molecular formula is C15H12Cl2N2O. The zero-order chi connectivity index (χ0) is 14.1. The van der Waals surface area contributed by atoms with Gasteiger partial charge in [0, 0.05) is 12.4 Å². The molecule has 0 aliphatic carbocycles. The number of halogens is 2. The highest BCUT2D eigenvalue weighted by molar-refractivity contribution is 6.42. The fraction of sp³-hybridized carbons (Fsp3) is 0.133. The van der Waals surface area contributed by atoms with Crippen LogP contribution in [0, 0.1) is 6.92 Å². The van der Waals surface area contributed by atoms with E-state index < -0.39 is 0 Å². The summed E-state index contributed by atoms with van der Waals surface area (Å²) < 4.78 is 7.65. The number of fused-ring (bicyclic) bond motifs is 1. The van der Waals surface area contributed by atoms with Gasteiger partial charge in [0.1, 0.15) is 23.0 Å². The van der Waals surface area contributed by atoms with E-state index in [0.29, 0.717) is 22.4 Å². The van der Waals surface area contributed by atoms with Crippen LogP contribution in [0.25, 0.3) is 5.65 Å². The normalized spacial score (nSPS) is 10.9. The Balaban J connectivity index is 1.81. The first-order valence-corrected chi connectivity index (χ1v) is 6.90. The largest absolute Gasteiger partial charge is 0.486 e. The van der Waals surface area contributed by atoms with Gasteiger partial charge in [0.25, 0.3) is 0 Å². The lowest BCUT2D eigenvalue weighted by atomic mass is 10.3. The lowest BCUT2D eigenvalue weighted by Gasteiger charge is -2.06. The van der Waals surface area contributed by atoms with Gasteiger partial charge in [-0.05, 0) is 30.7 Å². The molecule has 3 aromatic rings. The standard InChI is InChI=1S/C15H12Cl2N2O/c1-10-5-6-14-18-11(8-19(14)7-10)9-20-13-4-2-3-12(16)15(13)17/h2-8H,9H2,1H3. The molecule has 0 unspecified atom stereocenters. The lowest BCUT2D eigenvalue weighted by Crippen LogP contribution is -1.96. The Hall–Kier alpha value is -1.71. The minimum atomic E-state index is 0.348. The maximum atomic E-state index is 6.08. The first-order chi connectivity index (χ1) is 9.63. The molecule has 20 heavy (non-hydrogen) atoms. The van der Waals surface area contributed by atoms with Gasteiger partial charge in [-0.2, -0.15) is 0 Å². The number of aromatic nitrogens is 2. The number of hydrogen-bond donors (Lipinski definition) is 0. The summed E-state index contributed by atoms with van der Waals surface area (Å²) in [6, 6.07) is 9.32. The van der Waals surface area contributed by atoms with Gasteiger partial charge in [-0.15, -0.1) is 0 Å². The third-order valence-electron chi connectivity index (χ3n) is 2.94. The molecule has 102 valence electrons. The molecule has 3 nitrogen and oxygen atoms in total. The predicted octanol–water partition coefficient (Wildman–Crippen LogP) is 4.53. The van der Waals surface area contributed by atoms with Crippen molar-refractivity contribution in [1.29, 1.82) is 0 Å². The molecule has 2 heterocycles. The van der Waals surface area contributed by atoms with Crippen molar-refractivity contribution >= 4 is 28.8 Å². The average molecular weight is 307 g/mol. The minimum absolute atomic E-state index is 0.348. The van der Waals surface area contributed by atoms with Crippen molar-refractivity contribution in [3.63, 3.8) is 0 Å². The molecule has 0 aliphatic rings. The van der Waals surface area contributed by atoms with Crippen molar-refractivity contribution < 1.29 is 4.74 Å². The number of rotatable bonds is 3. The number of aryl methyl sites for hydroxylation is 1. The summed E-state index contributed by atoms with van der Waals surface area (Å²) in [5.41, 5.74) is 2.92. The van der Waals surface area contributed by atoms with Gasteiger partial charge >= 0.3 is 0 Å². The van der Waals surface area contributed by atoms with Crippen LogP contribution in [0.4, 0.5) is 0 Å². The molecule has 0 bridgehead atoms. The fourth-order valence-corrected chi connectivity index (χ4v) is 2.32. The van der Waals surface area contributed by atoms with Crippen LogP contribution in [0.1, 0.15) is 11.3 Å². The second-order valence-corrected chi connectivity index (χ2v) is 5.33. The van der Waals surface area contributed by atoms with Crippen molar-refractivity contribution in [2.75, 3.05) is 0 Å². The van der Waals surface area contributed by atoms with Crippen molar-refractivity contribution in [2.45, 2.75) is 13.5 Å². The van der Waals surface area contributed by atoms with E-state index in [1.807, 2.05) is 35.9 Å². The van der Waals surface area contributed by atoms with Crippen molar-refractivity contribution in [3.8, 4) is 5.75 Å². The maximum absolute atomic E-state index is 6.08. The van der Waals surface area contributed by atoms with Crippen molar-refractivity contribution in [3.05, 3.63) is 64.0 Å². The summed E-state index contributed by atoms with van der Waals surface area (Å²) >= 11 is 12.0. The van der Waals surface area contributed by atoms with Crippen LogP contribution < -0.4 is 4.74 Å². The van der Waals surface area contributed by atoms with Crippen LogP contribution in [0.2, 0.25) is 10.0 Å². The van der Waals surface area contributed by atoms with E-state index in [2.05, 4.69) is 4.98 Å². The number of imidazole rings is 1. The average Bonchev–Trinajstić information content (AvgIpc) is 2.82. The van der Waals surface area contributed by atoms with E-state index in [1.165, 1.54) is 5.56 Å². The zero-order valence-corrected chi connectivity index (χ0v) is 12.3. The van der Waals surface area contributed by atoms with E-state index >= 15 is 0 Å². The molecule has 0 radical (unpaired) electrons. The molecule has 5 heteroatoms.